The lowest BCUT2D eigenvalue weighted by molar-refractivity contribution is -0.384. The van der Waals surface area contributed by atoms with Gasteiger partial charge >= 0.3 is 5.97 Å². The van der Waals surface area contributed by atoms with Crippen molar-refractivity contribution in [2.24, 2.45) is 0 Å². The van der Waals surface area contributed by atoms with E-state index < -0.39 is 34.7 Å². The van der Waals surface area contributed by atoms with E-state index in [1.54, 1.807) is 26.8 Å². The molecular weight excluding hydrogens is 354 g/mol. The van der Waals surface area contributed by atoms with E-state index in [4.69, 9.17) is 4.74 Å². The highest BCUT2D eigenvalue weighted by molar-refractivity contribution is 6.21. The number of imide groups is 1. The van der Waals surface area contributed by atoms with Crippen LogP contribution in [-0.4, -0.2) is 28.8 Å². The molecule has 1 atom stereocenters. The number of esters is 1. The van der Waals surface area contributed by atoms with Crippen molar-refractivity contribution in [1.29, 1.82) is 0 Å². The molecule has 2 amide bonds. The monoisotopic (exact) mass is 371 g/mol. The van der Waals surface area contributed by atoms with Gasteiger partial charge in [0.05, 0.1) is 28.1 Å². The number of rotatable bonds is 4. The molecule has 0 spiro atoms. The molecule has 2 aliphatic heterocycles. The Hall–Kier alpha value is -3.49. The smallest absolute Gasteiger partial charge is 0.337 e. The van der Waals surface area contributed by atoms with Gasteiger partial charge in [-0.1, -0.05) is 12.1 Å². The normalized spacial score (nSPS) is 19.0. The first-order valence-electron chi connectivity index (χ1n) is 8.23. The number of nitro groups is 1. The number of carbonyl (C=O) groups excluding carboxylic acids is 3. The van der Waals surface area contributed by atoms with Crippen molar-refractivity contribution in [2.75, 3.05) is 0 Å². The average Bonchev–Trinajstić information content (AvgIpc) is 2.86. The van der Waals surface area contributed by atoms with Gasteiger partial charge in [0.15, 0.2) is 0 Å². The van der Waals surface area contributed by atoms with E-state index in [0.29, 0.717) is 11.3 Å². The molecule has 0 unspecified atom stereocenters. The predicted octanol–water partition coefficient (Wildman–Crippen LogP) is 1.42. The number of amides is 2. The standard InChI is InChI=1S/C18H17N3O6/c1-8(2)27-18(24)12-9(3)19-15-14(16(22)20-17(15)23)13(12)10-5-4-6-11(7-10)21(25)26/h4-8,13,19H,1-3H3,(H,20,22,23)/t13-/m1/s1. The fourth-order valence-electron chi connectivity index (χ4n) is 3.18. The number of hydrogen-bond acceptors (Lipinski definition) is 7. The molecule has 0 saturated heterocycles. The van der Waals surface area contributed by atoms with Crippen LogP contribution in [0.25, 0.3) is 0 Å². The molecule has 3 rings (SSSR count). The number of carbonyl (C=O) groups is 3. The van der Waals surface area contributed by atoms with Gasteiger partial charge in [-0.25, -0.2) is 4.79 Å². The lowest BCUT2D eigenvalue weighted by Gasteiger charge is -2.28. The Kier molecular flexibility index (Phi) is 4.52. The van der Waals surface area contributed by atoms with Crippen molar-refractivity contribution in [1.82, 2.24) is 10.6 Å². The second kappa shape index (κ2) is 6.67. The highest BCUT2D eigenvalue weighted by atomic mass is 16.6. The molecule has 27 heavy (non-hydrogen) atoms. The fourth-order valence-corrected chi connectivity index (χ4v) is 3.18. The lowest BCUT2D eigenvalue weighted by Crippen LogP contribution is -2.31. The van der Waals surface area contributed by atoms with Gasteiger partial charge in [0.2, 0.25) is 0 Å². The van der Waals surface area contributed by atoms with Crippen LogP contribution in [-0.2, 0) is 19.1 Å². The topological polar surface area (TPSA) is 128 Å². The third-order valence-corrected chi connectivity index (χ3v) is 4.24. The minimum absolute atomic E-state index is 0.0371. The number of non-ortho nitro benzene ring substituents is 1. The summed E-state index contributed by atoms with van der Waals surface area (Å²) in [5, 5.41) is 16.1. The van der Waals surface area contributed by atoms with Crippen molar-refractivity contribution in [3.05, 3.63) is 62.5 Å². The number of dihydropyridines is 1. The molecule has 0 aliphatic carbocycles. The summed E-state index contributed by atoms with van der Waals surface area (Å²) in [7, 11) is 0. The van der Waals surface area contributed by atoms with Gasteiger partial charge in [0.25, 0.3) is 17.5 Å². The summed E-state index contributed by atoms with van der Waals surface area (Å²) in [4.78, 5) is 47.7. The zero-order valence-electron chi connectivity index (χ0n) is 14.9. The molecule has 9 heteroatoms. The van der Waals surface area contributed by atoms with Crippen LogP contribution in [0.1, 0.15) is 32.3 Å². The van der Waals surface area contributed by atoms with Crippen LogP contribution >= 0.6 is 0 Å². The fraction of sp³-hybridized carbons (Fsp3) is 0.278. The second-order valence-corrected chi connectivity index (χ2v) is 6.47. The van der Waals surface area contributed by atoms with E-state index in [9.17, 15) is 24.5 Å². The zero-order chi connectivity index (χ0) is 19.9. The Morgan fingerprint density at radius 2 is 1.93 bits per heavy atom. The van der Waals surface area contributed by atoms with E-state index in [1.807, 2.05) is 0 Å². The van der Waals surface area contributed by atoms with Crippen LogP contribution < -0.4 is 10.6 Å². The van der Waals surface area contributed by atoms with Gasteiger partial charge in [-0.2, -0.15) is 0 Å². The Labute approximate surface area is 154 Å². The third-order valence-electron chi connectivity index (χ3n) is 4.24. The van der Waals surface area contributed by atoms with Crippen LogP contribution in [0.5, 0.6) is 0 Å². The molecule has 2 aliphatic rings. The third kappa shape index (κ3) is 3.19. The summed E-state index contributed by atoms with van der Waals surface area (Å²) in [6, 6.07) is 5.62. The SMILES string of the molecule is CC1=C(C(=O)OC(C)C)[C@@H](c2cccc([N+](=O)[O-])c2)C2=C(N1)C(=O)NC2=O. The zero-order valence-corrected chi connectivity index (χ0v) is 14.9. The van der Waals surface area contributed by atoms with E-state index in [-0.39, 0.29) is 22.5 Å². The number of nitrogens with one attached hydrogen (secondary N) is 2. The molecule has 0 aromatic heterocycles. The summed E-state index contributed by atoms with van der Waals surface area (Å²) in [6.07, 6.45) is -0.405. The van der Waals surface area contributed by atoms with E-state index in [2.05, 4.69) is 10.6 Å². The van der Waals surface area contributed by atoms with Crippen LogP contribution in [0, 0.1) is 10.1 Å². The molecule has 1 aromatic rings. The lowest BCUT2D eigenvalue weighted by atomic mass is 9.80. The van der Waals surface area contributed by atoms with Crippen molar-refractivity contribution in [3.63, 3.8) is 0 Å². The van der Waals surface area contributed by atoms with Gasteiger partial charge in [-0.05, 0) is 26.3 Å². The summed E-state index contributed by atoms with van der Waals surface area (Å²) in [5.41, 5.74) is 0.718. The predicted molar refractivity (Wildman–Crippen MR) is 93.1 cm³/mol. The quantitative estimate of drug-likeness (QED) is 0.354. The van der Waals surface area contributed by atoms with Crippen molar-refractivity contribution < 1.29 is 24.0 Å². The molecule has 1 aromatic carbocycles. The van der Waals surface area contributed by atoms with Crippen molar-refractivity contribution >= 4 is 23.5 Å². The highest BCUT2D eigenvalue weighted by Crippen LogP contribution is 2.41. The summed E-state index contributed by atoms with van der Waals surface area (Å²) in [6.45, 7) is 4.95. The number of benzene rings is 1. The van der Waals surface area contributed by atoms with E-state index in [0.717, 1.165) is 0 Å². The molecule has 9 nitrogen and oxygen atoms in total. The molecule has 2 N–H and O–H groups in total. The summed E-state index contributed by atoms with van der Waals surface area (Å²) < 4.78 is 5.29. The first-order chi connectivity index (χ1) is 12.7. The van der Waals surface area contributed by atoms with Crippen LogP contribution in [0.4, 0.5) is 5.69 Å². The maximum Gasteiger partial charge on any atom is 0.337 e. The summed E-state index contributed by atoms with van der Waals surface area (Å²) in [5.74, 6) is -2.88. The number of allylic oxidation sites excluding steroid dienone is 1. The number of nitrogens with zero attached hydrogens (tertiary/aromatic N) is 1. The van der Waals surface area contributed by atoms with Gasteiger partial charge in [0.1, 0.15) is 5.70 Å². The number of ether oxygens (including phenoxy) is 1. The van der Waals surface area contributed by atoms with Gasteiger partial charge in [0, 0.05) is 17.8 Å². The molecule has 0 saturated carbocycles. The van der Waals surface area contributed by atoms with Crippen molar-refractivity contribution in [2.45, 2.75) is 32.8 Å². The molecule has 2 heterocycles. The van der Waals surface area contributed by atoms with Gasteiger partial charge in [-0.3, -0.25) is 25.0 Å². The minimum Gasteiger partial charge on any atom is -0.460 e. The van der Waals surface area contributed by atoms with Gasteiger partial charge in [-0.15, -0.1) is 0 Å². The van der Waals surface area contributed by atoms with E-state index in [1.165, 1.54) is 18.2 Å². The highest BCUT2D eigenvalue weighted by Gasteiger charge is 2.44. The molecule has 140 valence electrons. The molecule has 0 fully saturated rings. The minimum atomic E-state index is -0.959. The Bertz CT molecular complexity index is 944. The largest absolute Gasteiger partial charge is 0.460 e. The van der Waals surface area contributed by atoms with Gasteiger partial charge < -0.3 is 10.1 Å². The van der Waals surface area contributed by atoms with Crippen LogP contribution in [0.15, 0.2) is 46.8 Å². The molecule has 0 bridgehead atoms. The second-order valence-electron chi connectivity index (χ2n) is 6.47. The Morgan fingerprint density at radius 1 is 1.22 bits per heavy atom. The molecule has 0 radical (unpaired) electrons. The Balaban J connectivity index is 2.20. The summed E-state index contributed by atoms with van der Waals surface area (Å²) >= 11 is 0. The maximum absolute atomic E-state index is 12.7. The first-order valence-corrected chi connectivity index (χ1v) is 8.23. The van der Waals surface area contributed by atoms with Crippen LogP contribution in [0.2, 0.25) is 0 Å². The Morgan fingerprint density at radius 3 is 2.56 bits per heavy atom. The van der Waals surface area contributed by atoms with Crippen LogP contribution in [0.3, 0.4) is 0 Å². The number of nitro benzene ring substituents is 1. The molecular formula is C18H17N3O6. The average molecular weight is 371 g/mol. The van der Waals surface area contributed by atoms with E-state index >= 15 is 0 Å². The first kappa shape index (κ1) is 18.3. The maximum atomic E-state index is 12.7. The van der Waals surface area contributed by atoms with Crippen molar-refractivity contribution in [3.8, 4) is 0 Å². The number of hydrogen-bond donors (Lipinski definition) is 2.